The minimum Gasteiger partial charge on any atom is -0.784 e. The highest BCUT2D eigenvalue weighted by Crippen LogP contribution is 2.11. The number of para-hydroxylation sites is 1. The van der Waals surface area contributed by atoms with Gasteiger partial charge in [0.25, 0.3) is 0 Å². The predicted octanol–water partition coefficient (Wildman–Crippen LogP) is 1.77. The first-order valence-electron chi connectivity index (χ1n) is 4.16. The number of hydrogen-bond donors (Lipinski definition) is 0. The van der Waals surface area contributed by atoms with E-state index in [-0.39, 0.29) is 6.67 Å². The lowest BCUT2D eigenvalue weighted by Gasteiger charge is -2.39. The first kappa shape index (κ1) is 9.98. The van der Waals surface area contributed by atoms with Crippen LogP contribution < -0.4 is 5.06 Å². The molecule has 0 saturated carbocycles. The van der Waals surface area contributed by atoms with E-state index in [0.29, 0.717) is 22.4 Å². The van der Waals surface area contributed by atoms with Crippen molar-refractivity contribution in [1.29, 1.82) is 0 Å². The van der Waals surface area contributed by atoms with E-state index in [9.17, 15) is 10.4 Å². The van der Waals surface area contributed by atoms with Gasteiger partial charge in [-0.2, -0.15) is 0 Å². The molecule has 0 saturated heterocycles. The zero-order chi connectivity index (χ0) is 9.68. The highest BCUT2D eigenvalue weighted by atomic mass is 16.5. The molecule has 0 amide bonds. The van der Waals surface area contributed by atoms with Crippen LogP contribution in [0.1, 0.15) is 6.92 Å². The summed E-state index contributed by atoms with van der Waals surface area (Å²) in [4.78, 5) is 0. The Labute approximate surface area is 77.5 Å². The summed E-state index contributed by atoms with van der Waals surface area (Å²) in [6.07, 6.45) is 0. The summed E-state index contributed by atoms with van der Waals surface area (Å²) in [6, 6.07) is 8.71. The first-order chi connectivity index (χ1) is 6.24. The molecule has 13 heavy (non-hydrogen) atoms. The van der Waals surface area contributed by atoms with Gasteiger partial charge in [0.2, 0.25) is 0 Å². The molecule has 0 unspecified atom stereocenters. The van der Waals surface area contributed by atoms with Crippen molar-refractivity contribution in [1.82, 2.24) is 5.06 Å². The molecule has 0 aliphatic heterocycles. The van der Waals surface area contributed by atoms with Gasteiger partial charge in [-0.15, -0.1) is 0 Å². The monoisotopic (exact) mass is 180 g/mol. The predicted molar refractivity (Wildman–Crippen MR) is 52.9 cm³/mol. The highest BCUT2D eigenvalue weighted by molar-refractivity contribution is 5.46. The first-order valence-corrected chi connectivity index (χ1v) is 4.16. The lowest BCUT2D eigenvalue weighted by molar-refractivity contribution is 0.406. The Morgan fingerprint density at radius 1 is 1.15 bits per heavy atom. The standard InChI is InChI=1S/C9H12N2O2/c1-2-10(12)8-11(13)9-6-4-3-5-7-9/h3-7H,2,8H2,1H3/q-2. The Morgan fingerprint density at radius 3 is 2.31 bits per heavy atom. The third-order valence-corrected chi connectivity index (χ3v) is 1.68. The SMILES string of the molecule is CCN([O-])CN([O-])c1ccccc1. The van der Waals surface area contributed by atoms with E-state index in [4.69, 9.17) is 0 Å². The average molecular weight is 180 g/mol. The van der Waals surface area contributed by atoms with Crippen LogP contribution in [0.25, 0.3) is 0 Å². The van der Waals surface area contributed by atoms with Crippen molar-refractivity contribution in [3.05, 3.63) is 40.7 Å². The molecule has 1 rings (SSSR count). The van der Waals surface area contributed by atoms with E-state index in [1.807, 2.05) is 6.07 Å². The Kier molecular flexibility index (Phi) is 3.70. The van der Waals surface area contributed by atoms with E-state index in [1.54, 1.807) is 31.2 Å². The molecule has 0 aromatic heterocycles. The van der Waals surface area contributed by atoms with Gasteiger partial charge < -0.3 is 20.5 Å². The summed E-state index contributed by atoms with van der Waals surface area (Å²) < 4.78 is 0. The van der Waals surface area contributed by atoms with Crippen LogP contribution in [0.15, 0.2) is 30.3 Å². The van der Waals surface area contributed by atoms with Crippen LogP contribution in [0.3, 0.4) is 0 Å². The molecular formula is C9H12N2O2-2. The maximum Gasteiger partial charge on any atom is 0.0483 e. The quantitative estimate of drug-likeness (QED) is 0.523. The smallest absolute Gasteiger partial charge is 0.0483 e. The number of anilines is 1. The van der Waals surface area contributed by atoms with Crippen molar-refractivity contribution >= 4 is 5.69 Å². The number of rotatable bonds is 4. The van der Waals surface area contributed by atoms with Crippen molar-refractivity contribution in [2.75, 3.05) is 18.3 Å². The summed E-state index contributed by atoms with van der Waals surface area (Å²) in [6.45, 7) is 1.90. The molecule has 0 spiro atoms. The molecule has 0 bridgehead atoms. The largest absolute Gasteiger partial charge is 0.784 e. The molecule has 0 fully saturated rings. The van der Waals surface area contributed by atoms with E-state index in [0.717, 1.165) is 0 Å². The number of hydrogen-bond acceptors (Lipinski definition) is 4. The number of hydroxylamine groups is 3. The summed E-state index contributed by atoms with van der Waals surface area (Å²) in [5.41, 5.74) is 0.511. The molecule has 4 heteroatoms. The van der Waals surface area contributed by atoms with Gasteiger partial charge >= 0.3 is 0 Å². The minimum absolute atomic E-state index is 0.138. The van der Waals surface area contributed by atoms with Crippen LogP contribution in [0, 0.1) is 10.4 Å². The molecule has 0 atom stereocenters. The Hall–Kier alpha value is -1.10. The molecule has 72 valence electrons. The third-order valence-electron chi connectivity index (χ3n) is 1.68. The fourth-order valence-electron chi connectivity index (χ4n) is 0.919. The molecule has 1 aromatic carbocycles. The van der Waals surface area contributed by atoms with Crippen LogP contribution in [-0.2, 0) is 0 Å². The van der Waals surface area contributed by atoms with E-state index >= 15 is 0 Å². The zero-order valence-corrected chi connectivity index (χ0v) is 7.51. The maximum atomic E-state index is 11.3. The van der Waals surface area contributed by atoms with Gasteiger partial charge in [0.15, 0.2) is 0 Å². The molecular weight excluding hydrogens is 168 g/mol. The van der Waals surface area contributed by atoms with Crippen LogP contribution in [0.5, 0.6) is 0 Å². The van der Waals surface area contributed by atoms with Gasteiger partial charge in [-0.1, -0.05) is 25.1 Å². The fourth-order valence-corrected chi connectivity index (χ4v) is 0.919. The fraction of sp³-hybridized carbons (Fsp3) is 0.333. The van der Waals surface area contributed by atoms with E-state index in [1.165, 1.54) is 0 Å². The Morgan fingerprint density at radius 2 is 1.77 bits per heavy atom. The van der Waals surface area contributed by atoms with Gasteiger partial charge in [-0.05, 0) is 18.7 Å². The van der Waals surface area contributed by atoms with Gasteiger partial charge in [0, 0.05) is 12.4 Å². The van der Waals surface area contributed by atoms with Crippen LogP contribution in [0.2, 0.25) is 0 Å². The Balaban J connectivity index is 2.53. The number of nitrogens with zero attached hydrogens (tertiary/aromatic N) is 2. The van der Waals surface area contributed by atoms with E-state index in [2.05, 4.69) is 0 Å². The van der Waals surface area contributed by atoms with Crippen molar-refractivity contribution in [3.63, 3.8) is 0 Å². The molecule has 1 aromatic rings. The summed E-state index contributed by atoms with van der Waals surface area (Å²) in [7, 11) is 0. The number of benzene rings is 1. The molecule has 0 aliphatic carbocycles. The second-order valence-electron chi connectivity index (χ2n) is 2.65. The van der Waals surface area contributed by atoms with Gasteiger partial charge in [0.05, 0.1) is 0 Å². The van der Waals surface area contributed by atoms with E-state index < -0.39 is 0 Å². The molecule has 0 heterocycles. The van der Waals surface area contributed by atoms with Crippen molar-refractivity contribution in [3.8, 4) is 0 Å². The summed E-state index contributed by atoms with van der Waals surface area (Å²) >= 11 is 0. The third kappa shape index (κ3) is 3.02. The molecule has 0 N–H and O–H groups in total. The lowest BCUT2D eigenvalue weighted by atomic mass is 10.3. The van der Waals surface area contributed by atoms with Gasteiger partial charge in [0.1, 0.15) is 0 Å². The van der Waals surface area contributed by atoms with Crippen LogP contribution in [0.4, 0.5) is 5.69 Å². The summed E-state index contributed by atoms with van der Waals surface area (Å²) in [5.74, 6) is 0. The van der Waals surface area contributed by atoms with Crippen LogP contribution in [-0.4, -0.2) is 18.3 Å². The normalized spacial score (nSPS) is 10.5. The van der Waals surface area contributed by atoms with Crippen molar-refractivity contribution in [2.24, 2.45) is 0 Å². The minimum atomic E-state index is -0.138. The van der Waals surface area contributed by atoms with Crippen molar-refractivity contribution in [2.45, 2.75) is 6.92 Å². The molecule has 4 nitrogen and oxygen atoms in total. The Bertz CT molecular complexity index is 241. The second kappa shape index (κ2) is 4.81. The highest BCUT2D eigenvalue weighted by Gasteiger charge is 1.93. The lowest BCUT2D eigenvalue weighted by Crippen LogP contribution is -2.30. The summed E-state index contributed by atoms with van der Waals surface area (Å²) in [5, 5.41) is 23.5. The van der Waals surface area contributed by atoms with Gasteiger partial charge in [-0.3, -0.25) is 0 Å². The molecule has 0 aliphatic rings. The van der Waals surface area contributed by atoms with Gasteiger partial charge in [-0.25, -0.2) is 0 Å². The average Bonchev–Trinajstić information content (AvgIpc) is 2.19. The second-order valence-corrected chi connectivity index (χ2v) is 2.65. The van der Waals surface area contributed by atoms with Crippen molar-refractivity contribution < 1.29 is 0 Å². The zero-order valence-electron chi connectivity index (χ0n) is 7.51. The molecule has 0 radical (unpaired) electrons. The maximum absolute atomic E-state index is 11.3. The van der Waals surface area contributed by atoms with Crippen LogP contribution >= 0.6 is 0 Å². The topological polar surface area (TPSA) is 52.6 Å².